The monoisotopic (exact) mass is 310 g/mol. The van der Waals surface area contributed by atoms with E-state index < -0.39 is 0 Å². The van der Waals surface area contributed by atoms with Gasteiger partial charge in [0, 0.05) is 35.4 Å². The number of aromatic nitrogens is 1. The van der Waals surface area contributed by atoms with Crippen LogP contribution in [0.3, 0.4) is 0 Å². The summed E-state index contributed by atoms with van der Waals surface area (Å²) in [5, 5.41) is 0. The molecule has 1 fully saturated rings. The van der Waals surface area contributed by atoms with E-state index in [-0.39, 0.29) is 12.1 Å². The number of amides is 1. The van der Waals surface area contributed by atoms with Crippen molar-refractivity contribution in [3.63, 3.8) is 0 Å². The summed E-state index contributed by atoms with van der Waals surface area (Å²) in [5.41, 5.74) is 2.44. The van der Waals surface area contributed by atoms with Crippen molar-refractivity contribution < 1.29 is 9.53 Å². The molecule has 1 amide bonds. The molecule has 2 atom stereocenters. The molecule has 5 heteroatoms. The smallest absolute Gasteiger partial charge is 0.409 e. The molecule has 3 rings (SSSR count). The van der Waals surface area contributed by atoms with Crippen LogP contribution in [-0.4, -0.2) is 35.7 Å². The Labute approximate surface area is 114 Å². The van der Waals surface area contributed by atoms with Crippen LogP contribution in [0.4, 0.5) is 4.79 Å². The van der Waals surface area contributed by atoms with Gasteiger partial charge in [-0.15, -0.1) is 0 Å². The van der Waals surface area contributed by atoms with E-state index in [4.69, 9.17) is 4.74 Å². The van der Waals surface area contributed by atoms with Gasteiger partial charge < -0.3 is 9.64 Å². The molecule has 1 aliphatic heterocycles. The number of hydrogen-bond acceptors (Lipinski definition) is 3. The zero-order valence-corrected chi connectivity index (χ0v) is 11.8. The second-order valence-corrected chi connectivity index (χ2v) is 5.86. The molecule has 1 aromatic heterocycles. The minimum atomic E-state index is -0.205. The number of pyridine rings is 1. The highest BCUT2D eigenvalue weighted by Crippen LogP contribution is 2.36. The SMILES string of the molecule is COC(=O)N1CCC2Cc3cc(Br)cnc3CC21. The summed E-state index contributed by atoms with van der Waals surface area (Å²) in [6.45, 7) is 0.803. The van der Waals surface area contributed by atoms with Crippen LogP contribution in [0.15, 0.2) is 16.7 Å². The fourth-order valence-electron chi connectivity index (χ4n) is 3.13. The summed E-state index contributed by atoms with van der Waals surface area (Å²) in [7, 11) is 1.45. The van der Waals surface area contributed by atoms with E-state index in [1.54, 1.807) is 0 Å². The molecule has 0 N–H and O–H groups in total. The minimum Gasteiger partial charge on any atom is -0.453 e. The average molecular weight is 311 g/mol. The summed E-state index contributed by atoms with van der Waals surface area (Å²) < 4.78 is 5.88. The Morgan fingerprint density at radius 3 is 3.17 bits per heavy atom. The molecule has 96 valence electrons. The topological polar surface area (TPSA) is 42.4 Å². The lowest BCUT2D eigenvalue weighted by Gasteiger charge is -2.31. The van der Waals surface area contributed by atoms with Gasteiger partial charge in [0.05, 0.1) is 7.11 Å². The van der Waals surface area contributed by atoms with Crippen molar-refractivity contribution in [1.29, 1.82) is 0 Å². The average Bonchev–Trinajstić information content (AvgIpc) is 2.78. The first-order valence-corrected chi connectivity index (χ1v) is 6.96. The van der Waals surface area contributed by atoms with E-state index in [0.29, 0.717) is 5.92 Å². The zero-order valence-electron chi connectivity index (χ0n) is 10.2. The Hall–Kier alpha value is -1.10. The van der Waals surface area contributed by atoms with Crippen molar-refractivity contribution in [2.45, 2.75) is 25.3 Å². The van der Waals surface area contributed by atoms with Crippen molar-refractivity contribution in [3.8, 4) is 0 Å². The summed E-state index contributed by atoms with van der Waals surface area (Å²) in [5.74, 6) is 0.549. The zero-order chi connectivity index (χ0) is 12.7. The van der Waals surface area contributed by atoms with Crippen LogP contribution >= 0.6 is 15.9 Å². The number of carbonyl (C=O) groups is 1. The molecular formula is C13H15BrN2O2. The molecule has 2 heterocycles. The molecule has 0 aromatic carbocycles. The van der Waals surface area contributed by atoms with Crippen LogP contribution in [0, 0.1) is 5.92 Å². The largest absolute Gasteiger partial charge is 0.453 e. The second kappa shape index (κ2) is 4.53. The van der Waals surface area contributed by atoms with Gasteiger partial charge in [0.15, 0.2) is 0 Å². The fourth-order valence-corrected chi connectivity index (χ4v) is 3.51. The summed E-state index contributed by atoms with van der Waals surface area (Å²) >= 11 is 3.46. The molecule has 2 unspecified atom stereocenters. The highest BCUT2D eigenvalue weighted by Gasteiger charge is 2.40. The van der Waals surface area contributed by atoms with E-state index in [2.05, 4.69) is 27.0 Å². The number of rotatable bonds is 0. The van der Waals surface area contributed by atoms with Gasteiger partial charge in [-0.2, -0.15) is 0 Å². The molecule has 1 aromatic rings. The molecular weight excluding hydrogens is 296 g/mol. The van der Waals surface area contributed by atoms with Gasteiger partial charge in [-0.25, -0.2) is 4.79 Å². The fraction of sp³-hybridized carbons (Fsp3) is 0.538. The number of likely N-dealkylation sites (tertiary alicyclic amines) is 1. The predicted octanol–water partition coefficient (Wildman–Crippen LogP) is 2.40. The number of nitrogens with zero attached hydrogens (tertiary/aromatic N) is 2. The number of hydrogen-bond donors (Lipinski definition) is 0. The third-order valence-electron chi connectivity index (χ3n) is 4.01. The molecule has 1 saturated heterocycles. The molecule has 1 aliphatic carbocycles. The molecule has 0 bridgehead atoms. The number of methoxy groups -OCH3 is 1. The number of fused-ring (bicyclic) bond motifs is 2. The van der Waals surface area contributed by atoms with E-state index >= 15 is 0 Å². The predicted molar refractivity (Wildman–Crippen MR) is 70.4 cm³/mol. The maximum Gasteiger partial charge on any atom is 0.409 e. The summed E-state index contributed by atoms with van der Waals surface area (Å²) in [4.78, 5) is 18.0. The summed E-state index contributed by atoms with van der Waals surface area (Å²) in [6, 6.07) is 2.41. The molecule has 18 heavy (non-hydrogen) atoms. The Balaban J connectivity index is 1.87. The van der Waals surface area contributed by atoms with Crippen molar-refractivity contribution in [2.24, 2.45) is 5.92 Å². The van der Waals surface area contributed by atoms with Crippen LogP contribution < -0.4 is 0 Å². The van der Waals surface area contributed by atoms with Crippen LogP contribution in [-0.2, 0) is 17.6 Å². The first-order valence-electron chi connectivity index (χ1n) is 6.17. The third kappa shape index (κ3) is 1.90. The minimum absolute atomic E-state index is 0.205. The highest BCUT2D eigenvalue weighted by molar-refractivity contribution is 9.10. The number of ether oxygens (including phenoxy) is 1. The Morgan fingerprint density at radius 2 is 2.39 bits per heavy atom. The Morgan fingerprint density at radius 1 is 1.56 bits per heavy atom. The van der Waals surface area contributed by atoms with Crippen LogP contribution in [0.2, 0.25) is 0 Å². The standard InChI is InChI=1S/C13H15BrN2O2/c1-18-13(17)16-3-2-8-4-9-5-10(14)7-15-11(9)6-12(8)16/h5,7-8,12H,2-4,6H2,1H3. The maximum absolute atomic E-state index is 11.7. The number of halogens is 1. The first-order chi connectivity index (χ1) is 8.69. The molecule has 0 saturated carbocycles. The van der Waals surface area contributed by atoms with E-state index in [0.717, 1.165) is 36.0 Å². The summed E-state index contributed by atoms with van der Waals surface area (Å²) in [6.07, 6.45) is 4.55. The van der Waals surface area contributed by atoms with Gasteiger partial charge in [-0.05, 0) is 46.3 Å². The van der Waals surface area contributed by atoms with Crippen molar-refractivity contribution in [1.82, 2.24) is 9.88 Å². The van der Waals surface area contributed by atoms with Crippen molar-refractivity contribution in [2.75, 3.05) is 13.7 Å². The lowest BCUT2D eigenvalue weighted by atomic mass is 9.83. The van der Waals surface area contributed by atoms with Crippen LogP contribution in [0.25, 0.3) is 0 Å². The van der Waals surface area contributed by atoms with Crippen molar-refractivity contribution in [3.05, 3.63) is 28.0 Å². The normalized spacial score (nSPS) is 25.6. The lowest BCUT2D eigenvalue weighted by molar-refractivity contribution is 0.112. The van der Waals surface area contributed by atoms with Crippen molar-refractivity contribution >= 4 is 22.0 Å². The van der Waals surface area contributed by atoms with Gasteiger partial charge in [0.25, 0.3) is 0 Å². The van der Waals surface area contributed by atoms with Gasteiger partial charge in [-0.1, -0.05) is 0 Å². The number of carbonyl (C=O) groups excluding carboxylic acids is 1. The van der Waals surface area contributed by atoms with Crippen LogP contribution in [0.1, 0.15) is 17.7 Å². The Bertz CT molecular complexity index is 492. The van der Waals surface area contributed by atoms with E-state index in [9.17, 15) is 4.79 Å². The molecule has 2 aliphatic rings. The maximum atomic E-state index is 11.7. The van der Waals surface area contributed by atoms with Gasteiger partial charge in [-0.3, -0.25) is 4.98 Å². The quantitative estimate of drug-likeness (QED) is 0.739. The third-order valence-corrected chi connectivity index (χ3v) is 4.44. The second-order valence-electron chi connectivity index (χ2n) is 4.95. The van der Waals surface area contributed by atoms with E-state index in [1.165, 1.54) is 12.7 Å². The van der Waals surface area contributed by atoms with Crippen LogP contribution in [0.5, 0.6) is 0 Å². The van der Waals surface area contributed by atoms with Gasteiger partial charge in [0.2, 0.25) is 0 Å². The molecule has 0 spiro atoms. The first kappa shape index (κ1) is 12.0. The molecule has 4 nitrogen and oxygen atoms in total. The lowest BCUT2D eigenvalue weighted by Crippen LogP contribution is -2.41. The molecule has 0 radical (unpaired) electrons. The van der Waals surface area contributed by atoms with E-state index in [1.807, 2.05) is 11.1 Å². The highest BCUT2D eigenvalue weighted by atomic mass is 79.9. The van der Waals surface area contributed by atoms with Gasteiger partial charge >= 0.3 is 6.09 Å². The Kier molecular flexibility index (Phi) is 3.01. The van der Waals surface area contributed by atoms with Gasteiger partial charge in [0.1, 0.15) is 0 Å².